The Kier molecular flexibility index (Phi) is 4.14. The Hall–Kier alpha value is -3.22. The number of pyridine rings is 1. The van der Waals surface area contributed by atoms with Crippen LogP contribution in [0.2, 0.25) is 0 Å². The van der Waals surface area contributed by atoms with Crippen molar-refractivity contribution in [3.05, 3.63) is 77.5 Å². The molecule has 136 valence electrons. The molecule has 4 aromatic rings. The highest BCUT2D eigenvalue weighted by molar-refractivity contribution is 5.86. The maximum absolute atomic E-state index is 14.3. The maximum atomic E-state index is 14.3. The van der Waals surface area contributed by atoms with Gasteiger partial charge in [0.1, 0.15) is 17.3 Å². The minimum atomic E-state index is -2.77. The maximum Gasteiger partial charge on any atom is 0.264 e. The van der Waals surface area contributed by atoms with Crippen LogP contribution < -0.4 is 0 Å². The summed E-state index contributed by atoms with van der Waals surface area (Å²) >= 11 is 0. The molecule has 27 heavy (non-hydrogen) atoms. The van der Waals surface area contributed by atoms with Crippen molar-refractivity contribution in [3.63, 3.8) is 0 Å². The molecule has 0 fully saturated rings. The predicted octanol–water partition coefficient (Wildman–Crippen LogP) is 5.61. The monoisotopic (exact) mass is 371 g/mol. The van der Waals surface area contributed by atoms with E-state index in [0.29, 0.717) is 11.3 Å². The van der Waals surface area contributed by atoms with Crippen molar-refractivity contribution < 1.29 is 17.6 Å². The zero-order valence-corrected chi connectivity index (χ0v) is 14.1. The molecule has 2 aromatic heterocycles. The lowest BCUT2D eigenvalue weighted by atomic mass is 10.1. The van der Waals surface area contributed by atoms with Crippen LogP contribution in [0.4, 0.5) is 17.6 Å². The molecule has 0 aliphatic carbocycles. The van der Waals surface area contributed by atoms with Crippen molar-refractivity contribution in [1.29, 1.82) is 0 Å². The van der Waals surface area contributed by atoms with Gasteiger partial charge in [-0.25, -0.2) is 27.2 Å². The first-order valence-electron chi connectivity index (χ1n) is 8.15. The molecule has 0 saturated carbocycles. The van der Waals surface area contributed by atoms with E-state index in [1.54, 1.807) is 13.0 Å². The third kappa shape index (κ3) is 2.95. The number of benzene rings is 2. The molecule has 3 nitrogen and oxygen atoms in total. The summed E-state index contributed by atoms with van der Waals surface area (Å²) in [4.78, 5) is 4.43. The number of hydrogen-bond acceptors (Lipinski definition) is 2. The van der Waals surface area contributed by atoms with E-state index in [1.807, 2.05) is 0 Å². The van der Waals surface area contributed by atoms with Crippen LogP contribution in [0.1, 0.15) is 17.7 Å². The van der Waals surface area contributed by atoms with Crippen LogP contribution >= 0.6 is 0 Å². The standard InChI is InChI=1S/C20H13F4N3/c1-11-18-14(19(23)24)10-16(12-6-8-13(21)9-7-12)25-20(18)27(26-11)17-5-3-2-4-15(17)22/h2-10,19H,1H3. The van der Waals surface area contributed by atoms with Crippen LogP contribution in [0.25, 0.3) is 28.0 Å². The van der Waals surface area contributed by atoms with Gasteiger partial charge in [0.15, 0.2) is 5.65 Å². The minimum absolute atomic E-state index is 0.111. The molecule has 0 aliphatic heterocycles. The molecule has 0 N–H and O–H groups in total. The van der Waals surface area contributed by atoms with Crippen molar-refractivity contribution in [3.8, 4) is 16.9 Å². The summed E-state index contributed by atoms with van der Waals surface area (Å²) in [5.74, 6) is -0.990. The van der Waals surface area contributed by atoms with Crippen LogP contribution in [0, 0.1) is 18.6 Å². The topological polar surface area (TPSA) is 30.7 Å². The Balaban J connectivity index is 2.05. The Labute approximate surface area is 151 Å². The van der Waals surface area contributed by atoms with Crippen LogP contribution in [0.15, 0.2) is 54.6 Å². The summed E-state index contributed by atoms with van der Waals surface area (Å²) in [5.41, 5.74) is 1.00. The molecule has 7 heteroatoms. The van der Waals surface area contributed by atoms with Gasteiger partial charge in [-0.2, -0.15) is 5.10 Å². The number of fused-ring (bicyclic) bond motifs is 1. The second-order valence-corrected chi connectivity index (χ2v) is 6.05. The van der Waals surface area contributed by atoms with Gasteiger partial charge in [-0.05, 0) is 49.4 Å². The Morgan fingerprint density at radius 3 is 2.33 bits per heavy atom. The van der Waals surface area contributed by atoms with Crippen LogP contribution in [-0.2, 0) is 0 Å². The fourth-order valence-corrected chi connectivity index (χ4v) is 3.05. The van der Waals surface area contributed by atoms with Gasteiger partial charge in [0, 0.05) is 11.1 Å². The number of alkyl halides is 2. The van der Waals surface area contributed by atoms with Crippen LogP contribution in [0.3, 0.4) is 0 Å². The number of para-hydroxylation sites is 1. The molecule has 0 radical (unpaired) electrons. The van der Waals surface area contributed by atoms with Gasteiger partial charge in [-0.15, -0.1) is 0 Å². The molecule has 0 aliphatic rings. The van der Waals surface area contributed by atoms with E-state index in [1.165, 1.54) is 53.2 Å². The van der Waals surface area contributed by atoms with E-state index in [0.717, 1.165) is 0 Å². The first kappa shape index (κ1) is 17.2. The first-order valence-corrected chi connectivity index (χ1v) is 8.15. The highest BCUT2D eigenvalue weighted by Crippen LogP contribution is 2.34. The molecule has 0 bridgehead atoms. The highest BCUT2D eigenvalue weighted by atomic mass is 19.3. The second-order valence-electron chi connectivity index (χ2n) is 6.05. The summed E-state index contributed by atoms with van der Waals surface area (Å²) in [5, 5.41) is 4.41. The van der Waals surface area contributed by atoms with Crippen LogP contribution in [0.5, 0.6) is 0 Å². The van der Waals surface area contributed by atoms with Crippen molar-refractivity contribution in [2.45, 2.75) is 13.3 Å². The molecular formula is C20H13F4N3. The van der Waals surface area contributed by atoms with E-state index in [4.69, 9.17) is 0 Å². The largest absolute Gasteiger partial charge is 0.264 e. The Morgan fingerprint density at radius 2 is 1.67 bits per heavy atom. The average Bonchev–Trinajstić information content (AvgIpc) is 2.98. The third-order valence-electron chi connectivity index (χ3n) is 4.30. The van der Waals surface area contributed by atoms with Gasteiger partial charge < -0.3 is 0 Å². The number of rotatable bonds is 3. The van der Waals surface area contributed by atoms with Crippen LogP contribution in [-0.4, -0.2) is 14.8 Å². The van der Waals surface area contributed by atoms with E-state index >= 15 is 0 Å². The second kappa shape index (κ2) is 6.50. The molecule has 4 rings (SSSR count). The summed E-state index contributed by atoms with van der Waals surface area (Å²) < 4.78 is 56.1. The fourth-order valence-electron chi connectivity index (χ4n) is 3.05. The van der Waals surface area contributed by atoms with Gasteiger partial charge in [0.05, 0.1) is 16.8 Å². The third-order valence-corrected chi connectivity index (χ3v) is 4.30. The molecule has 0 spiro atoms. The van der Waals surface area contributed by atoms with E-state index in [9.17, 15) is 17.6 Å². The van der Waals surface area contributed by atoms with Gasteiger partial charge >= 0.3 is 0 Å². The smallest absolute Gasteiger partial charge is 0.228 e. The molecule has 0 atom stereocenters. The normalized spacial score (nSPS) is 11.5. The minimum Gasteiger partial charge on any atom is -0.228 e. The lowest BCUT2D eigenvalue weighted by Crippen LogP contribution is -2.02. The van der Waals surface area contributed by atoms with Gasteiger partial charge in [-0.1, -0.05) is 12.1 Å². The summed E-state index contributed by atoms with van der Waals surface area (Å²) in [7, 11) is 0. The van der Waals surface area contributed by atoms with E-state index in [2.05, 4.69) is 10.1 Å². The molecule has 2 heterocycles. The molecule has 2 aromatic carbocycles. The zero-order chi connectivity index (χ0) is 19.1. The zero-order valence-electron chi connectivity index (χ0n) is 14.1. The molecule has 0 unspecified atom stereocenters. The Morgan fingerprint density at radius 1 is 0.963 bits per heavy atom. The molecule has 0 saturated heterocycles. The van der Waals surface area contributed by atoms with E-state index < -0.39 is 18.1 Å². The van der Waals surface area contributed by atoms with Crippen molar-refractivity contribution >= 4 is 11.0 Å². The lowest BCUT2D eigenvalue weighted by Gasteiger charge is -2.09. The van der Waals surface area contributed by atoms with Crippen molar-refractivity contribution in [2.24, 2.45) is 0 Å². The quantitative estimate of drug-likeness (QED) is 0.438. The van der Waals surface area contributed by atoms with Gasteiger partial charge in [0.2, 0.25) is 0 Å². The predicted molar refractivity (Wildman–Crippen MR) is 93.9 cm³/mol. The van der Waals surface area contributed by atoms with Gasteiger partial charge in [-0.3, -0.25) is 0 Å². The highest BCUT2D eigenvalue weighted by Gasteiger charge is 2.22. The molecular weight excluding hydrogens is 358 g/mol. The summed E-state index contributed by atoms with van der Waals surface area (Å²) in [6, 6.07) is 12.5. The summed E-state index contributed by atoms with van der Waals surface area (Å²) in [6.45, 7) is 1.57. The number of hydrogen-bond donors (Lipinski definition) is 0. The average molecular weight is 371 g/mol. The van der Waals surface area contributed by atoms with Crippen molar-refractivity contribution in [2.75, 3.05) is 0 Å². The number of nitrogens with zero attached hydrogens (tertiary/aromatic N) is 3. The summed E-state index contributed by atoms with van der Waals surface area (Å²) in [6.07, 6.45) is -2.77. The fraction of sp³-hybridized carbons (Fsp3) is 0.100. The first-order chi connectivity index (χ1) is 13.0. The number of halogens is 4. The lowest BCUT2D eigenvalue weighted by molar-refractivity contribution is 0.153. The SMILES string of the molecule is Cc1nn(-c2ccccc2F)c2nc(-c3ccc(F)cc3)cc(C(F)F)c12. The number of aryl methyl sites for hydroxylation is 1. The molecule has 0 amide bonds. The van der Waals surface area contributed by atoms with E-state index in [-0.39, 0.29) is 28.0 Å². The van der Waals surface area contributed by atoms with Gasteiger partial charge in [0.25, 0.3) is 6.43 Å². The Bertz CT molecular complexity index is 1130. The number of aromatic nitrogens is 3. The van der Waals surface area contributed by atoms with Crippen molar-refractivity contribution in [1.82, 2.24) is 14.8 Å².